The van der Waals surface area contributed by atoms with Gasteiger partial charge in [0.25, 0.3) is 0 Å². The fraction of sp³-hybridized carbons (Fsp3) is 1.00. The summed E-state index contributed by atoms with van der Waals surface area (Å²) in [5.74, 6) is 0.681. The SMILES string of the molecule is OCC1CC12CCCCCC2. The van der Waals surface area contributed by atoms with Gasteiger partial charge in [-0.2, -0.15) is 0 Å². The molecule has 0 amide bonds. The summed E-state index contributed by atoms with van der Waals surface area (Å²) in [5.41, 5.74) is 0.630. The van der Waals surface area contributed by atoms with Gasteiger partial charge in [0.15, 0.2) is 0 Å². The van der Waals surface area contributed by atoms with Crippen molar-refractivity contribution in [1.29, 1.82) is 0 Å². The fourth-order valence-corrected chi connectivity index (χ4v) is 2.74. The highest BCUT2D eigenvalue weighted by molar-refractivity contribution is 5.02. The van der Waals surface area contributed by atoms with Crippen molar-refractivity contribution in [2.45, 2.75) is 44.9 Å². The molecule has 1 N–H and O–H groups in total. The maximum absolute atomic E-state index is 9.02. The molecule has 2 saturated carbocycles. The van der Waals surface area contributed by atoms with Crippen molar-refractivity contribution in [1.82, 2.24) is 0 Å². The van der Waals surface area contributed by atoms with Crippen molar-refractivity contribution in [3.63, 3.8) is 0 Å². The van der Waals surface area contributed by atoms with E-state index in [1.54, 1.807) is 0 Å². The largest absolute Gasteiger partial charge is 0.396 e. The second-order valence-corrected chi connectivity index (χ2v) is 4.36. The monoisotopic (exact) mass is 154 g/mol. The van der Waals surface area contributed by atoms with Gasteiger partial charge in [-0.15, -0.1) is 0 Å². The van der Waals surface area contributed by atoms with Crippen molar-refractivity contribution >= 4 is 0 Å². The molecule has 2 fully saturated rings. The predicted octanol–water partition coefficient (Wildman–Crippen LogP) is 2.34. The zero-order valence-electron chi connectivity index (χ0n) is 7.18. The smallest absolute Gasteiger partial charge is 0.0464 e. The first kappa shape index (κ1) is 7.60. The summed E-state index contributed by atoms with van der Waals surface area (Å²) in [6, 6.07) is 0. The fourth-order valence-electron chi connectivity index (χ4n) is 2.74. The first-order chi connectivity index (χ1) is 5.37. The van der Waals surface area contributed by atoms with Crippen LogP contribution in [0.1, 0.15) is 44.9 Å². The third-order valence-corrected chi connectivity index (χ3v) is 3.68. The first-order valence-electron chi connectivity index (χ1n) is 4.98. The van der Waals surface area contributed by atoms with Crippen LogP contribution in [0.4, 0.5) is 0 Å². The average molecular weight is 154 g/mol. The van der Waals surface area contributed by atoms with Crippen LogP contribution >= 0.6 is 0 Å². The third kappa shape index (κ3) is 1.31. The summed E-state index contributed by atoms with van der Waals surface area (Å²) >= 11 is 0. The molecule has 11 heavy (non-hydrogen) atoms. The number of aliphatic hydroxyl groups excluding tert-OH is 1. The van der Waals surface area contributed by atoms with E-state index in [1.165, 1.54) is 44.9 Å². The van der Waals surface area contributed by atoms with E-state index < -0.39 is 0 Å². The second kappa shape index (κ2) is 2.78. The normalized spacial score (nSPS) is 35.2. The van der Waals surface area contributed by atoms with Gasteiger partial charge in [-0.1, -0.05) is 25.7 Å². The van der Waals surface area contributed by atoms with Crippen molar-refractivity contribution in [2.24, 2.45) is 11.3 Å². The van der Waals surface area contributed by atoms with Gasteiger partial charge >= 0.3 is 0 Å². The molecule has 0 heterocycles. The Morgan fingerprint density at radius 3 is 2.18 bits per heavy atom. The molecule has 0 aromatic rings. The van der Waals surface area contributed by atoms with E-state index >= 15 is 0 Å². The van der Waals surface area contributed by atoms with Crippen LogP contribution in [-0.4, -0.2) is 11.7 Å². The van der Waals surface area contributed by atoms with Gasteiger partial charge in [0.1, 0.15) is 0 Å². The minimum atomic E-state index is 0.444. The van der Waals surface area contributed by atoms with Crippen LogP contribution < -0.4 is 0 Å². The molecule has 0 bridgehead atoms. The molecule has 0 aromatic carbocycles. The molecule has 2 rings (SSSR count). The Morgan fingerprint density at radius 2 is 1.73 bits per heavy atom. The van der Waals surface area contributed by atoms with Crippen molar-refractivity contribution < 1.29 is 5.11 Å². The molecular formula is C10H18O. The van der Waals surface area contributed by atoms with Gasteiger partial charge in [0.2, 0.25) is 0 Å². The van der Waals surface area contributed by atoms with E-state index in [0.717, 1.165) is 0 Å². The molecule has 1 heteroatoms. The molecule has 0 saturated heterocycles. The maximum Gasteiger partial charge on any atom is 0.0464 e. The molecule has 0 aromatic heterocycles. The van der Waals surface area contributed by atoms with Crippen molar-refractivity contribution in [3.05, 3.63) is 0 Å². The Balaban J connectivity index is 1.92. The average Bonchev–Trinajstić information content (AvgIpc) is 2.76. The van der Waals surface area contributed by atoms with E-state index in [-0.39, 0.29) is 0 Å². The Bertz CT molecular complexity index is 134. The maximum atomic E-state index is 9.02. The Hall–Kier alpha value is -0.0400. The summed E-state index contributed by atoms with van der Waals surface area (Å²) in [7, 11) is 0. The molecule has 1 atom stereocenters. The molecule has 2 aliphatic rings. The number of aliphatic hydroxyl groups is 1. The topological polar surface area (TPSA) is 20.2 Å². The lowest BCUT2D eigenvalue weighted by molar-refractivity contribution is 0.240. The van der Waals surface area contributed by atoms with Gasteiger partial charge in [-0.05, 0) is 30.6 Å². The van der Waals surface area contributed by atoms with Gasteiger partial charge in [-0.3, -0.25) is 0 Å². The van der Waals surface area contributed by atoms with Crippen LogP contribution in [-0.2, 0) is 0 Å². The van der Waals surface area contributed by atoms with Crippen LogP contribution in [0.15, 0.2) is 0 Å². The lowest BCUT2D eigenvalue weighted by Gasteiger charge is -2.12. The van der Waals surface area contributed by atoms with Crippen LogP contribution in [0, 0.1) is 11.3 Å². The Labute approximate surface area is 68.8 Å². The van der Waals surface area contributed by atoms with Crippen molar-refractivity contribution in [2.75, 3.05) is 6.61 Å². The van der Waals surface area contributed by atoms with Gasteiger partial charge in [-0.25, -0.2) is 0 Å². The zero-order valence-corrected chi connectivity index (χ0v) is 7.18. The molecule has 64 valence electrons. The third-order valence-electron chi connectivity index (χ3n) is 3.68. The molecule has 2 aliphatic carbocycles. The highest BCUT2D eigenvalue weighted by atomic mass is 16.3. The van der Waals surface area contributed by atoms with E-state index in [9.17, 15) is 0 Å². The van der Waals surface area contributed by atoms with E-state index in [2.05, 4.69) is 0 Å². The molecule has 1 nitrogen and oxygen atoms in total. The van der Waals surface area contributed by atoms with Crippen LogP contribution in [0.25, 0.3) is 0 Å². The molecule has 1 spiro atoms. The van der Waals surface area contributed by atoms with Crippen LogP contribution in [0.2, 0.25) is 0 Å². The van der Waals surface area contributed by atoms with Gasteiger partial charge in [0.05, 0.1) is 0 Å². The Morgan fingerprint density at radius 1 is 1.09 bits per heavy atom. The quantitative estimate of drug-likeness (QED) is 0.614. The second-order valence-electron chi connectivity index (χ2n) is 4.36. The predicted molar refractivity (Wildman–Crippen MR) is 45.3 cm³/mol. The minimum Gasteiger partial charge on any atom is -0.396 e. The van der Waals surface area contributed by atoms with Crippen LogP contribution in [0.3, 0.4) is 0 Å². The molecule has 0 radical (unpaired) electrons. The summed E-state index contributed by atoms with van der Waals surface area (Å²) < 4.78 is 0. The molecule has 1 unspecified atom stereocenters. The van der Waals surface area contributed by atoms with Gasteiger partial charge < -0.3 is 5.11 Å². The lowest BCUT2D eigenvalue weighted by atomic mass is 9.94. The van der Waals surface area contributed by atoms with Crippen molar-refractivity contribution in [3.8, 4) is 0 Å². The minimum absolute atomic E-state index is 0.444. The Kier molecular flexibility index (Phi) is 1.92. The molecular weight excluding hydrogens is 136 g/mol. The van der Waals surface area contributed by atoms with E-state index in [1.807, 2.05) is 0 Å². The summed E-state index contributed by atoms with van der Waals surface area (Å²) in [4.78, 5) is 0. The zero-order chi connectivity index (χ0) is 7.73. The summed E-state index contributed by atoms with van der Waals surface area (Å²) in [5, 5.41) is 9.02. The standard InChI is InChI=1S/C10H18O/c11-8-9-7-10(9)5-3-1-2-4-6-10/h9,11H,1-8H2. The van der Waals surface area contributed by atoms with Gasteiger partial charge in [0, 0.05) is 6.61 Å². The lowest BCUT2D eigenvalue weighted by Crippen LogP contribution is -2.04. The first-order valence-corrected chi connectivity index (χ1v) is 4.98. The van der Waals surface area contributed by atoms with E-state index in [4.69, 9.17) is 5.11 Å². The summed E-state index contributed by atoms with van der Waals surface area (Å²) in [6.07, 6.45) is 9.81. The molecule has 0 aliphatic heterocycles. The highest BCUT2D eigenvalue weighted by Crippen LogP contribution is 2.60. The number of hydrogen-bond acceptors (Lipinski definition) is 1. The van der Waals surface area contributed by atoms with Crippen LogP contribution in [0.5, 0.6) is 0 Å². The van der Waals surface area contributed by atoms with E-state index in [0.29, 0.717) is 17.9 Å². The number of hydrogen-bond donors (Lipinski definition) is 1. The summed E-state index contributed by atoms with van der Waals surface area (Å²) in [6.45, 7) is 0.444. The number of rotatable bonds is 1. The highest BCUT2D eigenvalue weighted by Gasteiger charge is 2.52.